The number of hydrogen-bond donors (Lipinski definition) is 2. The predicted molar refractivity (Wildman–Crippen MR) is 65.5 cm³/mol. The molecule has 2 N–H and O–H groups in total. The van der Waals surface area contributed by atoms with Crippen molar-refractivity contribution < 1.29 is 19.8 Å². The van der Waals surface area contributed by atoms with Gasteiger partial charge in [-0.05, 0) is 26.0 Å². The van der Waals surface area contributed by atoms with Gasteiger partial charge in [0.25, 0.3) is 0 Å². The fraction of sp³-hybridized carbons (Fsp3) is 0.333. The minimum atomic E-state index is -0.999. The molecule has 0 amide bonds. The molecule has 0 aliphatic rings. The van der Waals surface area contributed by atoms with Crippen molar-refractivity contribution >= 4 is 23.7 Å². The first-order valence-electron chi connectivity index (χ1n) is 5.03. The summed E-state index contributed by atoms with van der Waals surface area (Å²) in [7, 11) is 0. The lowest BCUT2D eigenvalue weighted by atomic mass is 9.97. The summed E-state index contributed by atoms with van der Waals surface area (Å²) in [6, 6.07) is 6.59. The van der Waals surface area contributed by atoms with E-state index in [1.165, 1.54) is 17.8 Å². The molecule has 0 aliphatic heterocycles. The van der Waals surface area contributed by atoms with Gasteiger partial charge in [0, 0.05) is 10.6 Å². The summed E-state index contributed by atoms with van der Waals surface area (Å²) in [5.74, 6) is -1.56. The van der Waals surface area contributed by atoms with Crippen LogP contribution in [0.5, 0.6) is 0 Å². The average Bonchev–Trinajstić information content (AvgIpc) is 2.26. The molecule has 0 bridgehead atoms. The number of thioether (sulfide) groups is 1. The highest BCUT2D eigenvalue weighted by atomic mass is 32.2. The third-order valence-corrected chi connectivity index (χ3v) is 3.82. The normalized spacial score (nSPS) is 11.2. The Labute approximate surface area is 104 Å². The van der Waals surface area contributed by atoms with Gasteiger partial charge in [0.05, 0.1) is 11.0 Å². The van der Waals surface area contributed by atoms with Crippen LogP contribution in [0.15, 0.2) is 29.2 Å². The number of rotatable bonds is 5. The maximum absolute atomic E-state index is 11.0. The van der Waals surface area contributed by atoms with Crippen molar-refractivity contribution in [2.24, 2.45) is 5.41 Å². The predicted octanol–water partition coefficient (Wildman–Crippen LogP) is 2.59. The lowest BCUT2D eigenvalue weighted by Crippen LogP contribution is -2.26. The van der Waals surface area contributed by atoms with Gasteiger partial charge in [0.15, 0.2) is 0 Å². The molecule has 4 nitrogen and oxygen atoms in total. The summed E-state index contributed by atoms with van der Waals surface area (Å²) in [4.78, 5) is 22.5. The van der Waals surface area contributed by atoms with Crippen LogP contribution in [-0.2, 0) is 4.79 Å². The summed E-state index contributed by atoms with van der Waals surface area (Å²) in [5.41, 5.74) is -0.672. The second-order valence-corrected chi connectivity index (χ2v) is 5.30. The fourth-order valence-electron chi connectivity index (χ4n) is 1.09. The number of carboxylic acids is 2. The Morgan fingerprint density at radius 2 is 1.82 bits per heavy atom. The average molecular weight is 254 g/mol. The standard InChI is InChI=1S/C12H14O4S/c1-12(2,11(15)16)7-17-9-6-4-3-5-8(9)10(13)14/h3-6H,7H2,1-2H3,(H,13,14)(H,15,16). The number of benzene rings is 1. The Morgan fingerprint density at radius 1 is 1.24 bits per heavy atom. The lowest BCUT2D eigenvalue weighted by molar-refractivity contribution is -0.145. The summed E-state index contributed by atoms with van der Waals surface area (Å²) in [6.45, 7) is 3.23. The van der Waals surface area contributed by atoms with Crippen molar-refractivity contribution in [3.63, 3.8) is 0 Å². The van der Waals surface area contributed by atoms with E-state index in [9.17, 15) is 9.59 Å². The van der Waals surface area contributed by atoms with Crippen molar-refractivity contribution in [2.45, 2.75) is 18.7 Å². The zero-order valence-electron chi connectivity index (χ0n) is 9.64. The molecule has 0 heterocycles. The monoisotopic (exact) mass is 254 g/mol. The minimum absolute atomic E-state index is 0.207. The quantitative estimate of drug-likeness (QED) is 0.790. The molecule has 0 saturated carbocycles. The van der Waals surface area contributed by atoms with E-state index >= 15 is 0 Å². The van der Waals surface area contributed by atoms with E-state index in [1.54, 1.807) is 32.0 Å². The second-order valence-electron chi connectivity index (χ2n) is 4.28. The van der Waals surface area contributed by atoms with Crippen LogP contribution in [0.4, 0.5) is 0 Å². The van der Waals surface area contributed by atoms with Gasteiger partial charge in [0.2, 0.25) is 0 Å². The molecule has 0 spiro atoms. The van der Waals surface area contributed by atoms with Gasteiger partial charge in [-0.2, -0.15) is 0 Å². The molecule has 0 radical (unpaired) electrons. The largest absolute Gasteiger partial charge is 0.481 e. The minimum Gasteiger partial charge on any atom is -0.481 e. The first kappa shape index (κ1) is 13.6. The summed E-state index contributed by atoms with van der Waals surface area (Å²) >= 11 is 1.25. The Kier molecular flexibility index (Phi) is 4.17. The molecule has 0 aliphatic carbocycles. The van der Waals surface area contributed by atoms with Crippen LogP contribution >= 0.6 is 11.8 Å². The smallest absolute Gasteiger partial charge is 0.336 e. The molecule has 1 aromatic rings. The van der Waals surface area contributed by atoms with E-state index in [1.807, 2.05) is 0 Å². The van der Waals surface area contributed by atoms with Gasteiger partial charge in [-0.25, -0.2) is 4.79 Å². The molecular weight excluding hydrogens is 240 g/mol. The van der Waals surface area contributed by atoms with Crippen LogP contribution in [0, 0.1) is 5.41 Å². The van der Waals surface area contributed by atoms with Crippen molar-refractivity contribution in [2.75, 3.05) is 5.75 Å². The molecule has 0 saturated heterocycles. The Morgan fingerprint density at radius 3 is 2.35 bits per heavy atom. The Balaban J connectivity index is 2.83. The van der Waals surface area contributed by atoms with Crippen molar-refractivity contribution in [3.8, 4) is 0 Å². The lowest BCUT2D eigenvalue weighted by Gasteiger charge is -2.18. The second kappa shape index (κ2) is 5.23. The van der Waals surface area contributed by atoms with Gasteiger partial charge in [0.1, 0.15) is 0 Å². The number of aromatic carboxylic acids is 1. The highest BCUT2D eigenvalue weighted by Gasteiger charge is 2.27. The first-order valence-corrected chi connectivity index (χ1v) is 6.01. The van der Waals surface area contributed by atoms with Gasteiger partial charge >= 0.3 is 11.9 Å². The highest BCUT2D eigenvalue weighted by Crippen LogP contribution is 2.30. The van der Waals surface area contributed by atoms with Gasteiger partial charge in [-0.1, -0.05) is 12.1 Å². The molecule has 0 unspecified atom stereocenters. The third-order valence-electron chi connectivity index (χ3n) is 2.28. The molecule has 17 heavy (non-hydrogen) atoms. The molecule has 0 fully saturated rings. The number of carbonyl (C=O) groups is 2. The van der Waals surface area contributed by atoms with Crippen LogP contribution in [0.3, 0.4) is 0 Å². The van der Waals surface area contributed by atoms with E-state index in [0.717, 1.165) is 0 Å². The van der Waals surface area contributed by atoms with Crippen LogP contribution in [-0.4, -0.2) is 27.9 Å². The summed E-state index contributed by atoms with van der Waals surface area (Å²) in [5, 5.41) is 17.9. The molecule has 0 atom stereocenters. The number of aliphatic carboxylic acids is 1. The molecule has 1 rings (SSSR count). The van der Waals surface area contributed by atoms with E-state index in [-0.39, 0.29) is 5.56 Å². The number of carboxylic acid groups (broad SMARTS) is 2. The maximum atomic E-state index is 11.0. The zero-order chi connectivity index (χ0) is 13.1. The first-order chi connectivity index (χ1) is 7.84. The van der Waals surface area contributed by atoms with Gasteiger partial charge < -0.3 is 10.2 Å². The molecular formula is C12H14O4S. The molecule has 92 valence electrons. The van der Waals surface area contributed by atoms with E-state index in [0.29, 0.717) is 10.6 Å². The maximum Gasteiger partial charge on any atom is 0.336 e. The van der Waals surface area contributed by atoms with Crippen molar-refractivity contribution in [1.29, 1.82) is 0 Å². The van der Waals surface area contributed by atoms with Crippen LogP contribution < -0.4 is 0 Å². The summed E-state index contributed by atoms with van der Waals surface area (Å²) in [6.07, 6.45) is 0. The van der Waals surface area contributed by atoms with Crippen LogP contribution in [0.1, 0.15) is 24.2 Å². The molecule has 0 aromatic heterocycles. The summed E-state index contributed by atoms with van der Waals surface area (Å²) < 4.78 is 0. The van der Waals surface area contributed by atoms with Crippen molar-refractivity contribution in [3.05, 3.63) is 29.8 Å². The number of hydrogen-bond acceptors (Lipinski definition) is 3. The van der Waals surface area contributed by atoms with Gasteiger partial charge in [-0.15, -0.1) is 11.8 Å². The molecule has 5 heteroatoms. The van der Waals surface area contributed by atoms with E-state index in [4.69, 9.17) is 10.2 Å². The van der Waals surface area contributed by atoms with Crippen molar-refractivity contribution in [1.82, 2.24) is 0 Å². The van der Waals surface area contributed by atoms with Gasteiger partial charge in [-0.3, -0.25) is 4.79 Å². The van der Waals surface area contributed by atoms with E-state index < -0.39 is 17.4 Å². The SMILES string of the molecule is CC(C)(CSc1ccccc1C(=O)O)C(=O)O. The fourth-order valence-corrected chi connectivity index (χ4v) is 2.21. The van der Waals surface area contributed by atoms with E-state index in [2.05, 4.69) is 0 Å². The zero-order valence-corrected chi connectivity index (χ0v) is 10.5. The highest BCUT2D eigenvalue weighted by molar-refractivity contribution is 7.99. The Hall–Kier alpha value is -1.49. The Bertz CT molecular complexity index is 440. The van der Waals surface area contributed by atoms with Crippen LogP contribution in [0.25, 0.3) is 0 Å². The third kappa shape index (κ3) is 3.49. The molecule has 1 aromatic carbocycles. The topological polar surface area (TPSA) is 74.6 Å². The van der Waals surface area contributed by atoms with Crippen LogP contribution in [0.2, 0.25) is 0 Å².